The van der Waals surface area contributed by atoms with Crippen molar-refractivity contribution in [1.29, 1.82) is 0 Å². The molecule has 30 heavy (non-hydrogen) atoms. The molecule has 0 unspecified atom stereocenters. The van der Waals surface area contributed by atoms with Crippen LogP contribution in [0.1, 0.15) is 11.1 Å². The van der Waals surface area contributed by atoms with Crippen molar-refractivity contribution in [2.24, 2.45) is 0 Å². The highest BCUT2D eigenvalue weighted by Crippen LogP contribution is 2.27. The molecule has 0 radical (unpaired) electrons. The van der Waals surface area contributed by atoms with Gasteiger partial charge in [0.15, 0.2) is 11.6 Å². The van der Waals surface area contributed by atoms with E-state index in [1.807, 2.05) is 11.0 Å². The van der Waals surface area contributed by atoms with Gasteiger partial charge >= 0.3 is 5.97 Å². The number of hydrogen-bond donors (Lipinski definition) is 0. The fourth-order valence-electron chi connectivity index (χ4n) is 2.91. The first-order valence-corrected chi connectivity index (χ1v) is 9.34. The molecular weight excluding hydrogens is 385 g/mol. The lowest BCUT2D eigenvalue weighted by molar-refractivity contribution is -0.133. The predicted octanol–water partition coefficient (Wildman–Crippen LogP) is 4.74. The number of ether oxygens (including phenoxy) is 3. The molecule has 2 rings (SSSR count). The molecule has 0 aliphatic rings. The molecule has 0 amide bonds. The van der Waals surface area contributed by atoms with Crippen LogP contribution in [0.25, 0.3) is 5.57 Å². The maximum absolute atomic E-state index is 14.6. The molecule has 0 spiro atoms. The second-order valence-corrected chi connectivity index (χ2v) is 6.30. The Kier molecular flexibility index (Phi) is 8.69. The number of hydrogen-bond acceptors (Lipinski definition) is 5. The van der Waals surface area contributed by atoms with E-state index in [2.05, 4.69) is 13.2 Å². The topological polar surface area (TPSA) is 48.0 Å². The Hall–Kier alpha value is -3.54. The molecule has 158 valence electrons. The first-order chi connectivity index (χ1) is 14.5. The highest BCUT2D eigenvalue weighted by Gasteiger charge is 2.17. The minimum absolute atomic E-state index is 0.0630. The molecule has 0 fully saturated rings. The summed E-state index contributed by atoms with van der Waals surface area (Å²) in [5.41, 5.74) is 2.23. The number of esters is 1. The van der Waals surface area contributed by atoms with Crippen LogP contribution in [0.2, 0.25) is 0 Å². The summed E-state index contributed by atoms with van der Waals surface area (Å²) < 4.78 is 30.2. The van der Waals surface area contributed by atoms with Gasteiger partial charge in [0.05, 0.1) is 20.5 Å². The van der Waals surface area contributed by atoms with Crippen LogP contribution in [0.5, 0.6) is 5.75 Å². The van der Waals surface area contributed by atoms with Crippen molar-refractivity contribution >= 4 is 17.2 Å². The van der Waals surface area contributed by atoms with Crippen LogP contribution in [0, 0.1) is 5.82 Å². The van der Waals surface area contributed by atoms with Gasteiger partial charge in [-0.1, -0.05) is 36.4 Å². The summed E-state index contributed by atoms with van der Waals surface area (Å²) in [7, 11) is 2.74. The fourth-order valence-corrected chi connectivity index (χ4v) is 2.91. The molecule has 0 aromatic heterocycles. The van der Waals surface area contributed by atoms with E-state index in [1.54, 1.807) is 42.5 Å². The number of methoxy groups -OCH3 is 2. The van der Waals surface area contributed by atoms with Gasteiger partial charge in [-0.25, -0.2) is 9.18 Å². The standard InChI is InChI=1S/C24H26FNO4/c1-5-13-26(14-6-2)19-11-12-23(22(25)15-19)30-16-18-9-7-8-10-20(18)21(17-28-3)24(27)29-4/h5-12,15,17H,1-2,13-14,16H2,3-4H3/b21-17+. The van der Waals surface area contributed by atoms with Crippen LogP contribution in [0.3, 0.4) is 0 Å². The van der Waals surface area contributed by atoms with Gasteiger partial charge < -0.3 is 19.1 Å². The SMILES string of the molecule is C=CCN(CC=C)c1ccc(OCc2ccccc2/C(=C\OC)C(=O)OC)c(F)c1. The molecule has 0 heterocycles. The number of halogens is 1. The second-order valence-electron chi connectivity index (χ2n) is 6.30. The van der Waals surface area contributed by atoms with Crippen molar-refractivity contribution in [3.63, 3.8) is 0 Å². The lowest BCUT2D eigenvalue weighted by Crippen LogP contribution is -2.23. The summed E-state index contributed by atoms with van der Waals surface area (Å²) in [5.74, 6) is -0.908. The van der Waals surface area contributed by atoms with E-state index in [9.17, 15) is 9.18 Å². The minimum Gasteiger partial charge on any atom is -0.503 e. The third-order valence-electron chi connectivity index (χ3n) is 4.31. The van der Waals surface area contributed by atoms with Gasteiger partial charge in [0.2, 0.25) is 0 Å². The average molecular weight is 411 g/mol. The van der Waals surface area contributed by atoms with Crippen LogP contribution < -0.4 is 9.64 Å². The lowest BCUT2D eigenvalue weighted by atomic mass is 10.0. The van der Waals surface area contributed by atoms with Crippen LogP contribution >= 0.6 is 0 Å². The normalized spacial score (nSPS) is 10.8. The molecule has 0 atom stereocenters. The summed E-state index contributed by atoms with van der Waals surface area (Å²) in [6, 6.07) is 11.9. The molecule has 0 N–H and O–H groups in total. The average Bonchev–Trinajstić information content (AvgIpc) is 2.76. The van der Waals surface area contributed by atoms with Crippen molar-refractivity contribution in [3.8, 4) is 5.75 Å². The van der Waals surface area contributed by atoms with E-state index in [4.69, 9.17) is 14.2 Å². The summed E-state index contributed by atoms with van der Waals surface area (Å²) in [6.07, 6.45) is 4.80. The number of anilines is 1. The number of carbonyl (C=O) groups is 1. The summed E-state index contributed by atoms with van der Waals surface area (Å²) in [5, 5.41) is 0. The van der Waals surface area contributed by atoms with Gasteiger partial charge in [0, 0.05) is 24.8 Å². The van der Waals surface area contributed by atoms with Crippen molar-refractivity contribution in [1.82, 2.24) is 0 Å². The van der Waals surface area contributed by atoms with Crippen molar-refractivity contribution in [3.05, 3.63) is 91.0 Å². The summed E-state index contributed by atoms with van der Waals surface area (Å²) in [6.45, 7) is 8.65. The second kappa shape index (κ2) is 11.5. The maximum atomic E-state index is 14.6. The third-order valence-corrected chi connectivity index (χ3v) is 4.31. The van der Waals surface area contributed by atoms with Crippen LogP contribution in [-0.4, -0.2) is 33.3 Å². The summed E-state index contributed by atoms with van der Waals surface area (Å²) in [4.78, 5) is 14.0. The molecule has 0 saturated heterocycles. The Labute approximate surface area is 176 Å². The van der Waals surface area contributed by atoms with E-state index < -0.39 is 11.8 Å². The Bertz CT molecular complexity index is 913. The Morgan fingerprint density at radius 2 is 1.80 bits per heavy atom. The van der Waals surface area contributed by atoms with E-state index in [0.29, 0.717) is 29.9 Å². The van der Waals surface area contributed by atoms with Gasteiger partial charge in [0.25, 0.3) is 0 Å². The van der Waals surface area contributed by atoms with Crippen LogP contribution in [-0.2, 0) is 20.9 Å². The first kappa shape index (κ1) is 22.7. The zero-order valence-corrected chi connectivity index (χ0v) is 17.3. The van der Waals surface area contributed by atoms with Gasteiger partial charge in [0.1, 0.15) is 12.2 Å². The minimum atomic E-state index is -0.538. The highest BCUT2D eigenvalue weighted by atomic mass is 19.1. The monoisotopic (exact) mass is 411 g/mol. The predicted molar refractivity (Wildman–Crippen MR) is 117 cm³/mol. The van der Waals surface area contributed by atoms with Crippen LogP contribution in [0.4, 0.5) is 10.1 Å². The zero-order chi connectivity index (χ0) is 21.9. The lowest BCUT2D eigenvalue weighted by Gasteiger charge is -2.22. The van der Waals surface area contributed by atoms with Crippen molar-refractivity contribution in [2.45, 2.75) is 6.61 Å². The van der Waals surface area contributed by atoms with Gasteiger partial charge in [-0.2, -0.15) is 0 Å². The third kappa shape index (κ3) is 5.73. The highest BCUT2D eigenvalue weighted by molar-refractivity contribution is 6.16. The molecule has 2 aromatic carbocycles. The van der Waals surface area contributed by atoms with Gasteiger partial charge in [-0.05, 0) is 23.3 Å². The first-order valence-electron chi connectivity index (χ1n) is 9.34. The zero-order valence-electron chi connectivity index (χ0n) is 17.3. The molecule has 6 heteroatoms. The van der Waals surface area contributed by atoms with Crippen molar-refractivity contribution < 1.29 is 23.4 Å². The molecule has 5 nitrogen and oxygen atoms in total. The molecule has 0 aliphatic heterocycles. The van der Waals surface area contributed by atoms with E-state index in [-0.39, 0.29) is 17.9 Å². The van der Waals surface area contributed by atoms with E-state index in [0.717, 1.165) is 0 Å². The number of benzene rings is 2. The smallest absolute Gasteiger partial charge is 0.341 e. The van der Waals surface area contributed by atoms with E-state index in [1.165, 1.54) is 26.5 Å². The molecule has 2 aromatic rings. The molecular formula is C24H26FNO4. The number of carbonyl (C=O) groups excluding carboxylic acids is 1. The van der Waals surface area contributed by atoms with E-state index >= 15 is 0 Å². The Balaban J connectivity index is 2.24. The fraction of sp³-hybridized carbons (Fsp3) is 0.208. The van der Waals surface area contributed by atoms with Crippen LogP contribution in [0.15, 0.2) is 74.0 Å². The Morgan fingerprint density at radius 1 is 1.10 bits per heavy atom. The summed E-state index contributed by atoms with van der Waals surface area (Å²) >= 11 is 0. The maximum Gasteiger partial charge on any atom is 0.341 e. The van der Waals surface area contributed by atoms with Crippen molar-refractivity contribution in [2.75, 3.05) is 32.2 Å². The quantitative estimate of drug-likeness (QED) is 0.231. The molecule has 0 bridgehead atoms. The number of rotatable bonds is 11. The molecule has 0 saturated carbocycles. The van der Waals surface area contributed by atoms with Gasteiger partial charge in [-0.3, -0.25) is 0 Å². The largest absolute Gasteiger partial charge is 0.503 e. The number of nitrogens with zero attached hydrogens (tertiary/aromatic N) is 1. The van der Waals surface area contributed by atoms with Gasteiger partial charge in [-0.15, -0.1) is 13.2 Å². The molecule has 0 aliphatic carbocycles. The Morgan fingerprint density at radius 3 is 2.40 bits per heavy atom.